The molecular weight excluding hydrogens is 336 g/mol. The number of rotatable bonds is 0. The van der Waals surface area contributed by atoms with Crippen molar-refractivity contribution in [2.45, 2.75) is 70.7 Å². The minimum atomic E-state index is -1.89. The molecule has 1 heterocycles. The molecule has 5 saturated carbocycles. The van der Waals surface area contributed by atoms with Crippen LogP contribution in [0.3, 0.4) is 0 Å². The number of carbonyl (C=O) groups is 2. The van der Waals surface area contributed by atoms with E-state index in [0.717, 1.165) is 25.7 Å². The topological polar surface area (TPSA) is 43.4 Å². The van der Waals surface area contributed by atoms with Crippen molar-refractivity contribution in [1.29, 1.82) is 0 Å². The van der Waals surface area contributed by atoms with E-state index < -0.39 is 24.3 Å². The Kier molecular flexibility index (Phi) is 2.02. The number of hydrogen-bond donors (Lipinski definition) is 0. The van der Waals surface area contributed by atoms with E-state index >= 15 is 0 Å². The fourth-order valence-corrected chi connectivity index (χ4v) is 9.19. The zero-order valence-electron chi connectivity index (χ0n) is 20.1. The monoisotopic (exact) mass is 370 g/mol. The zero-order valence-corrected chi connectivity index (χ0v) is 16.1. The zero-order chi connectivity index (χ0) is 21.9. The second kappa shape index (κ2) is 4.39. The van der Waals surface area contributed by atoms with Crippen LogP contribution < -0.4 is 0 Å². The summed E-state index contributed by atoms with van der Waals surface area (Å²) in [5.74, 6) is 1.94. The second-order valence-corrected chi connectivity index (χ2v) is 11.0. The molecule has 3 nitrogen and oxygen atoms in total. The van der Waals surface area contributed by atoms with Crippen LogP contribution in [0.1, 0.15) is 70.6 Å². The molecule has 7 aliphatic rings. The first-order chi connectivity index (χ1) is 14.4. The van der Waals surface area contributed by atoms with Crippen molar-refractivity contribution in [3.8, 4) is 0 Å². The summed E-state index contributed by atoms with van der Waals surface area (Å²) in [6.07, 6.45) is 2.43. The lowest BCUT2D eigenvalue weighted by molar-refractivity contribution is -0.177. The Morgan fingerprint density at radius 2 is 1.93 bits per heavy atom. The van der Waals surface area contributed by atoms with Gasteiger partial charge in [0.05, 0.1) is 0 Å². The molecule has 144 valence electrons. The van der Waals surface area contributed by atoms with E-state index in [9.17, 15) is 9.59 Å². The van der Waals surface area contributed by atoms with Crippen molar-refractivity contribution >= 4 is 11.8 Å². The maximum Gasteiger partial charge on any atom is 0.306 e. The molecule has 3 heteroatoms. The second-order valence-electron chi connectivity index (χ2n) is 11.0. The highest BCUT2D eigenvalue weighted by molar-refractivity contribution is 5.92. The van der Waals surface area contributed by atoms with E-state index in [1.165, 1.54) is 5.57 Å². The predicted molar refractivity (Wildman–Crippen MR) is 99.5 cm³/mol. The van der Waals surface area contributed by atoms with Crippen LogP contribution in [0.2, 0.25) is 0 Å². The quantitative estimate of drug-likeness (QED) is 0.597. The standard InChI is InChI=1S/C24H30O3/c1-22-6-3-12(25)9-17(22)13-10-14(13)20-16(22)4-7-23(2)21(20)15-11-18(15)24(23)8-5-19(26)27-24/h9,13-16,18,20-21H,3-8,10-11H2,1-2H3/t13-,14+,15-,16+,18+,20-,21+,22-,23+,24+/m1/s1/i3D2,5D2. The normalized spacial score (nSPS) is 67.9. The van der Waals surface area contributed by atoms with E-state index in [1.807, 2.05) is 0 Å². The van der Waals surface area contributed by atoms with Gasteiger partial charge in [-0.2, -0.15) is 0 Å². The predicted octanol–water partition coefficient (Wildman–Crippen LogP) is 4.31. The van der Waals surface area contributed by atoms with Crippen molar-refractivity contribution in [2.75, 3.05) is 0 Å². The van der Waals surface area contributed by atoms with Gasteiger partial charge < -0.3 is 4.74 Å². The van der Waals surface area contributed by atoms with Gasteiger partial charge in [-0.15, -0.1) is 0 Å². The van der Waals surface area contributed by atoms with Crippen molar-refractivity contribution in [1.82, 2.24) is 0 Å². The lowest BCUT2D eigenvalue weighted by Gasteiger charge is -2.60. The Balaban J connectivity index is 1.32. The van der Waals surface area contributed by atoms with Crippen LogP contribution in [0, 0.1) is 52.3 Å². The Morgan fingerprint density at radius 3 is 2.70 bits per heavy atom. The third kappa shape index (κ3) is 1.58. The largest absolute Gasteiger partial charge is 0.458 e. The molecule has 1 spiro atoms. The van der Waals surface area contributed by atoms with Crippen LogP contribution in [-0.2, 0) is 14.3 Å². The van der Waals surface area contributed by atoms with Gasteiger partial charge in [-0.1, -0.05) is 19.4 Å². The summed E-state index contributed by atoms with van der Waals surface area (Å²) in [6.45, 7) is 4.48. The summed E-state index contributed by atoms with van der Waals surface area (Å²) in [5, 5.41) is 0. The highest BCUT2D eigenvalue weighted by atomic mass is 16.6. The van der Waals surface area contributed by atoms with Gasteiger partial charge in [-0.05, 0) is 85.5 Å². The number of hydrogen-bond acceptors (Lipinski definition) is 3. The molecule has 0 N–H and O–H groups in total. The van der Waals surface area contributed by atoms with Crippen LogP contribution >= 0.6 is 0 Å². The first-order valence-electron chi connectivity index (χ1n) is 12.9. The van der Waals surface area contributed by atoms with Gasteiger partial charge in [-0.3, -0.25) is 9.59 Å². The summed E-state index contributed by atoms with van der Waals surface area (Å²) in [4.78, 5) is 24.9. The molecule has 1 saturated heterocycles. The Morgan fingerprint density at radius 1 is 1.07 bits per heavy atom. The first-order valence-corrected chi connectivity index (χ1v) is 10.9. The number of esters is 1. The van der Waals surface area contributed by atoms with E-state index in [0.29, 0.717) is 35.5 Å². The summed E-state index contributed by atoms with van der Waals surface area (Å²) >= 11 is 0. The minimum Gasteiger partial charge on any atom is -0.458 e. The van der Waals surface area contributed by atoms with E-state index in [-0.39, 0.29) is 35.4 Å². The van der Waals surface area contributed by atoms with Crippen LogP contribution in [0.25, 0.3) is 0 Å². The molecule has 0 aromatic heterocycles. The smallest absolute Gasteiger partial charge is 0.306 e. The lowest BCUT2D eigenvalue weighted by atomic mass is 9.45. The molecule has 0 bridgehead atoms. The highest BCUT2D eigenvalue weighted by Gasteiger charge is 2.81. The molecule has 10 atom stereocenters. The molecule has 6 aliphatic carbocycles. The molecule has 0 amide bonds. The molecule has 0 aromatic rings. The fourth-order valence-electron chi connectivity index (χ4n) is 9.19. The molecule has 27 heavy (non-hydrogen) atoms. The average molecular weight is 371 g/mol. The third-order valence-corrected chi connectivity index (χ3v) is 10.4. The van der Waals surface area contributed by atoms with Crippen LogP contribution in [0.15, 0.2) is 11.6 Å². The van der Waals surface area contributed by atoms with Crippen molar-refractivity contribution in [2.24, 2.45) is 52.3 Å². The van der Waals surface area contributed by atoms with Crippen LogP contribution in [0.5, 0.6) is 0 Å². The molecular formula is C24H30O3. The van der Waals surface area contributed by atoms with Gasteiger partial charge in [0.1, 0.15) is 5.60 Å². The fraction of sp³-hybridized carbons (Fsp3) is 0.833. The average Bonchev–Trinajstić information content (AvgIpc) is 3.54. The van der Waals surface area contributed by atoms with Crippen molar-refractivity contribution in [3.63, 3.8) is 0 Å². The van der Waals surface area contributed by atoms with Gasteiger partial charge in [0, 0.05) is 29.6 Å². The van der Waals surface area contributed by atoms with E-state index in [4.69, 9.17) is 10.2 Å². The number of carbonyl (C=O) groups excluding carboxylic acids is 2. The summed E-state index contributed by atoms with van der Waals surface area (Å²) in [7, 11) is 0. The molecule has 6 fully saturated rings. The molecule has 0 aromatic carbocycles. The molecule has 7 rings (SSSR count). The van der Waals surface area contributed by atoms with Gasteiger partial charge >= 0.3 is 5.97 Å². The molecule has 0 radical (unpaired) electrons. The van der Waals surface area contributed by atoms with E-state index in [2.05, 4.69) is 13.8 Å². The van der Waals surface area contributed by atoms with Crippen molar-refractivity contribution in [3.05, 3.63) is 11.6 Å². The lowest BCUT2D eigenvalue weighted by Crippen LogP contribution is -2.57. The van der Waals surface area contributed by atoms with Gasteiger partial charge in [0.25, 0.3) is 0 Å². The summed E-state index contributed by atoms with van der Waals surface area (Å²) < 4.78 is 39.2. The van der Waals surface area contributed by atoms with E-state index in [1.54, 1.807) is 6.08 Å². The third-order valence-electron chi connectivity index (χ3n) is 10.4. The number of allylic oxidation sites excluding steroid dienone is 1. The number of ketones is 1. The molecule has 1 aliphatic heterocycles. The van der Waals surface area contributed by atoms with Gasteiger partial charge in [0.15, 0.2) is 5.78 Å². The van der Waals surface area contributed by atoms with Gasteiger partial charge in [-0.25, -0.2) is 0 Å². The Hall–Kier alpha value is -1.12. The summed E-state index contributed by atoms with van der Waals surface area (Å²) in [5.41, 5.74) is 0.0792. The molecule has 0 unspecified atom stereocenters. The van der Waals surface area contributed by atoms with Crippen LogP contribution in [-0.4, -0.2) is 17.4 Å². The van der Waals surface area contributed by atoms with Gasteiger partial charge in [0.2, 0.25) is 0 Å². The SMILES string of the molecule is [2H]C1([2H])C[C@@]2(C)C(=CC1=O)[C@@H]1C[C@@H]1[C@H]1[C@@H]3[C@@H]4C[C@@H]4[C@@]4(CC([2H])([2H])C(=O)O4)[C@@]3(C)CC[C@@H]12. The highest BCUT2D eigenvalue weighted by Crippen LogP contribution is 2.82. The number of ether oxygens (including phenoxy) is 1. The minimum absolute atomic E-state index is 0.192. The maximum absolute atomic E-state index is 12.5. The Labute approximate surface area is 166 Å². The van der Waals surface area contributed by atoms with Crippen molar-refractivity contribution < 1.29 is 19.8 Å². The Bertz CT molecular complexity index is 989. The van der Waals surface area contributed by atoms with Crippen LogP contribution in [0.4, 0.5) is 0 Å². The summed E-state index contributed by atoms with van der Waals surface area (Å²) in [6, 6.07) is 0. The number of fused-ring (bicyclic) bond motifs is 12. The maximum atomic E-state index is 12.5. The first kappa shape index (κ1) is 12.4.